The molecule has 140 valence electrons. The minimum absolute atomic E-state index is 0.128. The Morgan fingerprint density at radius 3 is 2.70 bits per heavy atom. The lowest BCUT2D eigenvalue weighted by molar-refractivity contribution is 0.0950. The topological polar surface area (TPSA) is 88.5 Å². The largest absolute Gasteiger partial charge is 0.350 e. The molecule has 3 aromatic rings. The molecule has 1 aliphatic heterocycles. The summed E-state index contributed by atoms with van der Waals surface area (Å²) >= 11 is 5.99. The molecule has 0 spiro atoms. The van der Waals surface area contributed by atoms with Gasteiger partial charge in [0.15, 0.2) is 0 Å². The second kappa shape index (κ2) is 7.15. The average molecular weight is 385 g/mol. The molecule has 0 saturated carbocycles. The summed E-state index contributed by atoms with van der Waals surface area (Å²) in [7, 11) is 0. The van der Waals surface area contributed by atoms with Gasteiger partial charge in [0, 0.05) is 29.6 Å². The number of benzene rings is 1. The minimum Gasteiger partial charge on any atom is -0.350 e. The first-order valence-electron chi connectivity index (χ1n) is 8.99. The van der Waals surface area contributed by atoms with Gasteiger partial charge in [-0.15, -0.1) is 0 Å². The van der Waals surface area contributed by atoms with Crippen molar-refractivity contribution in [1.82, 2.24) is 30.0 Å². The lowest BCUT2D eigenvalue weighted by atomic mass is 9.94. The predicted octanol–water partition coefficient (Wildman–Crippen LogP) is 2.58. The fraction of sp³-hybridized carbons (Fsp3) is 0.368. The summed E-state index contributed by atoms with van der Waals surface area (Å²) in [6.45, 7) is 5.06. The molecule has 1 atom stereocenters. The van der Waals surface area contributed by atoms with E-state index in [1.54, 1.807) is 0 Å². The minimum atomic E-state index is -0.128. The average Bonchev–Trinajstić information content (AvgIpc) is 3.15. The third-order valence-electron chi connectivity index (χ3n) is 4.87. The zero-order valence-electron chi connectivity index (χ0n) is 15.3. The molecule has 0 fully saturated rings. The number of rotatable bonds is 4. The van der Waals surface area contributed by atoms with Crippen molar-refractivity contribution in [3.8, 4) is 0 Å². The summed E-state index contributed by atoms with van der Waals surface area (Å²) in [6, 6.07) is 7.78. The molecule has 1 unspecified atom stereocenters. The highest BCUT2D eigenvalue weighted by atomic mass is 35.5. The number of aromatic amines is 1. The van der Waals surface area contributed by atoms with Gasteiger partial charge in [-0.3, -0.25) is 4.79 Å². The Balaban J connectivity index is 1.53. The van der Waals surface area contributed by atoms with Crippen molar-refractivity contribution >= 4 is 17.5 Å². The second-order valence-electron chi connectivity index (χ2n) is 6.85. The van der Waals surface area contributed by atoms with Gasteiger partial charge in [-0.2, -0.15) is 5.10 Å². The van der Waals surface area contributed by atoms with Gasteiger partial charge < -0.3 is 10.3 Å². The van der Waals surface area contributed by atoms with Crippen LogP contribution in [0, 0.1) is 13.8 Å². The quantitative estimate of drug-likeness (QED) is 0.723. The monoisotopic (exact) mass is 384 g/mol. The maximum Gasteiger partial charge on any atom is 0.271 e. The number of carbonyl (C=O) groups excluding carboxylic acids is 1. The molecule has 0 aliphatic carbocycles. The van der Waals surface area contributed by atoms with Gasteiger partial charge in [0.2, 0.25) is 0 Å². The standard InChI is InChI=1S/C19H21ClN6O/c1-11-22-12(2)26(25-11)8-7-17-23-16-9-14(10-21-19(27)18(16)24-17)13-3-5-15(20)6-4-13/h3-6,14H,7-10H2,1-2H3,(H,21,27)(H,23,24). The molecule has 1 amide bonds. The molecule has 7 nitrogen and oxygen atoms in total. The lowest BCUT2D eigenvalue weighted by Gasteiger charge is -2.14. The van der Waals surface area contributed by atoms with Gasteiger partial charge in [0.05, 0.1) is 6.54 Å². The Bertz CT molecular complexity index is 975. The van der Waals surface area contributed by atoms with E-state index in [9.17, 15) is 4.79 Å². The van der Waals surface area contributed by atoms with E-state index in [0.717, 1.165) is 35.2 Å². The number of imidazole rings is 1. The van der Waals surface area contributed by atoms with Crippen molar-refractivity contribution in [1.29, 1.82) is 0 Å². The highest BCUT2D eigenvalue weighted by Crippen LogP contribution is 2.25. The van der Waals surface area contributed by atoms with E-state index in [4.69, 9.17) is 11.6 Å². The third kappa shape index (κ3) is 3.73. The van der Waals surface area contributed by atoms with E-state index in [0.29, 0.717) is 30.2 Å². The first-order valence-corrected chi connectivity index (χ1v) is 9.37. The summed E-state index contributed by atoms with van der Waals surface area (Å²) in [5.41, 5.74) is 2.52. The number of amides is 1. The maximum atomic E-state index is 12.4. The fourth-order valence-electron chi connectivity index (χ4n) is 3.49. The highest BCUT2D eigenvalue weighted by molar-refractivity contribution is 6.30. The SMILES string of the molecule is Cc1nc(C)n(CCc2nc3c([nH]2)CC(c2ccc(Cl)cc2)CNC3=O)n1. The fourth-order valence-corrected chi connectivity index (χ4v) is 3.62. The second-order valence-corrected chi connectivity index (χ2v) is 7.29. The lowest BCUT2D eigenvalue weighted by Crippen LogP contribution is -2.26. The van der Waals surface area contributed by atoms with Crippen molar-refractivity contribution in [2.75, 3.05) is 6.54 Å². The predicted molar refractivity (Wildman–Crippen MR) is 102 cm³/mol. The summed E-state index contributed by atoms with van der Waals surface area (Å²) in [5.74, 6) is 2.48. The molecule has 0 bridgehead atoms. The van der Waals surface area contributed by atoms with Crippen LogP contribution in [0.1, 0.15) is 45.1 Å². The van der Waals surface area contributed by atoms with Crippen LogP contribution in [0.15, 0.2) is 24.3 Å². The molecule has 2 N–H and O–H groups in total. The molecule has 1 aromatic carbocycles. The first kappa shape index (κ1) is 17.7. The number of nitrogens with zero attached hydrogens (tertiary/aromatic N) is 4. The molecule has 4 rings (SSSR count). The van der Waals surface area contributed by atoms with Crippen molar-refractivity contribution in [3.63, 3.8) is 0 Å². The van der Waals surface area contributed by atoms with Gasteiger partial charge in [0.1, 0.15) is 23.2 Å². The number of carbonyl (C=O) groups is 1. The third-order valence-corrected chi connectivity index (χ3v) is 5.12. The molecule has 1 aliphatic rings. The van der Waals surface area contributed by atoms with Crippen LogP contribution in [0.5, 0.6) is 0 Å². The van der Waals surface area contributed by atoms with Crippen LogP contribution in [-0.2, 0) is 19.4 Å². The van der Waals surface area contributed by atoms with Crippen LogP contribution >= 0.6 is 11.6 Å². The number of aryl methyl sites for hydroxylation is 4. The maximum absolute atomic E-state index is 12.4. The number of aromatic nitrogens is 5. The van der Waals surface area contributed by atoms with Crippen LogP contribution < -0.4 is 5.32 Å². The van der Waals surface area contributed by atoms with Crippen molar-refractivity contribution in [2.45, 2.75) is 39.2 Å². The van der Waals surface area contributed by atoms with Crippen molar-refractivity contribution in [2.24, 2.45) is 0 Å². The Hall–Kier alpha value is -2.67. The van der Waals surface area contributed by atoms with Gasteiger partial charge >= 0.3 is 0 Å². The number of fused-ring (bicyclic) bond motifs is 1. The molecule has 3 heterocycles. The summed E-state index contributed by atoms with van der Waals surface area (Å²) < 4.78 is 1.86. The van der Waals surface area contributed by atoms with Crippen molar-refractivity contribution < 1.29 is 4.79 Å². The van der Waals surface area contributed by atoms with Crippen molar-refractivity contribution in [3.05, 3.63) is 63.7 Å². The van der Waals surface area contributed by atoms with Gasteiger partial charge in [-0.1, -0.05) is 23.7 Å². The smallest absolute Gasteiger partial charge is 0.271 e. The summed E-state index contributed by atoms with van der Waals surface area (Å²) in [6.07, 6.45) is 1.39. The normalized spacial score (nSPS) is 16.7. The summed E-state index contributed by atoms with van der Waals surface area (Å²) in [5, 5.41) is 8.06. The number of halogens is 1. The molecule has 8 heteroatoms. The Morgan fingerprint density at radius 2 is 2.00 bits per heavy atom. The van der Waals surface area contributed by atoms with Crippen LogP contribution in [0.25, 0.3) is 0 Å². The molecular formula is C19H21ClN6O. The van der Waals surface area contributed by atoms with Gasteiger partial charge in [-0.05, 0) is 38.0 Å². The van der Waals surface area contributed by atoms with Crippen LogP contribution in [0.3, 0.4) is 0 Å². The molecule has 2 aromatic heterocycles. The van der Waals surface area contributed by atoms with E-state index in [2.05, 4.69) is 25.4 Å². The highest BCUT2D eigenvalue weighted by Gasteiger charge is 2.26. The van der Waals surface area contributed by atoms with E-state index < -0.39 is 0 Å². The van der Waals surface area contributed by atoms with Crippen LogP contribution in [0.2, 0.25) is 5.02 Å². The molecular weight excluding hydrogens is 364 g/mol. The zero-order chi connectivity index (χ0) is 19.0. The number of nitrogens with one attached hydrogen (secondary N) is 2. The Kier molecular flexibility index (Phi) is 4.70. The van der Waals surface area contributed by atoms with Gasteiger partial charge in [-0.25, -0.2) is 14.6 Å². The summed E-state index contributed by atoms with van der Waals surface area (Å²) in [4.78, 5) is 24.6. The Labute approximate surface area is 162 Å². The van der Waals surface area contributed by atoms with E-state index in [1.807, 2.05) is 42.8 Å². The number of H-pyrrole nitrogens is 1. The van der Waals surface area contributed by atoms with Crippen LogP contribution in [0.4, 0.5) is 0 Å². The van der Waals surface area contributed by atoms with Crippen LogP contribution in [-0.4, -0.2) is 37.2 Å². The van der Waals surface area contributed by atoms with Gasteiger partial charge in [0.25, 0.3) is 5.91 Å². The molecule has 0 radical (unpaired) electrons. The van der Waals surface area contributed by atoms with E-state index >= 15 is 0 Å². The Morgan fingerprint density at radius 1 is 1.22 bits per heavy atom. The number of hydrogen-bond acceptors (Lipinski definition) is 4. The van der Waals surface area contributed by atoms with E-state index in [1.165, 1.54) is 0 Å². The first-order chi connectivity index (χ1) is 13.0. The number of hydrogen-bond donors (Lipinski definition) is 2. The molecule has 27 heavy (non-hydrogen) atoms. The van der Waals surface area contributed by atoms with E-state index in [-0.39, 0.29) is 11.8 Å². The zero-order valence-corrected chi connectivity index (χ0v) is 16.0. The molecule has 0 saturated heterocycles.